The van der Waals surface area contributed by atoms with Gasteiger partial charge in [0.2, 0.25) is 10.0 Å². The number of rotatable bonds is 7. The Morgan fingerprint density at radius 2 is 1.81 bits per heavy atom. The smallest absolute Gasteiger partial charge is 0.265 e. The van der Waals surface area contributed by atoms with Crippen LogP contribution in [0.2, 0.25) is 0 Å². The molecule has 0 fully saturated rings. The van der Waals surface area contributed by atoms with Crippen LogP contribution in [0.4, 0.5) is 0 Å². The number of sulfonamides is 1. The summed E-state index contributed by atoms with van der Waals surface area (Å²) in [5.41, 5.74) is 2.74. The second-order valence-electron chi connectivity index (χ2n) is 6.10. The van der Waals surface area contributed by atoms with Crippen LogP contribution in [0.15, 0.2) is 42.5 Å². The Bertz CT molecular complexity index is 875. The van der Waals surface area contributed by atoms with E-state index >= 15 is 0 Å². The molecule has 0 saturated carbocycles. The van der Waals surface area contributed by atoms with E-state index in [0.29, 0.717) is 12.2 Å². The molecule has 0 saturated heterocycles. The number of amides is 1. The van der Waals surface area contributed by atoms with Crippen molar-refractivity contribution in [3.63, 3.8) is 0 Å². The summed E-state index contributed by atoms with van der Waals surface area (Å²) in [5, 5.41) is 0. The fourth-order valence-electron chi connectivity index (χ4n) is 2.48. The van der Waals surface area contributed by atoms with Crippen LogP contribution in [0.5, 0.6) is 5.75 Å². The third-order valence-corrected chi connectivity index (χ3v) is 4.38. The van der Waals surface area contributed by atoms with Crippen molar-refractivity contribution >= 4 is 15.9 Å². The molecule has 0 radical (unpaired) electrons. The highest BCUT2D eigenvalue weighted by molar-refractivity contribution is 7.89. The van der Waals surface area contributed by atoms with E-state index in [4.69, 9.17) is 9.47 Å². The van der Waals surface area contributed by atoms with Gasteiger partial charge in [0.1, 0.15) is 5.75 Å². The summed E-state index contributed by atoms with van der Waals surface area (Å²) in [6, 6.07) is 12.8. The van der Waals surface area contributed by atoms with Crippen molar-refractivity contribution in [2.24, 2.45) is 0 Å². The quantitative estimate of drug-likeness (QED) is 0.802. The zero-order chi connectivity index (χ0) is 19.3. The molecule has 0 heterocycles. The number of methoxy groups -OCH3 is 1. The lowest BCUT2D eigenvalue weighted by Gasteiger charge is -2.18. The van der Waals surface area contributed by atoms with Gasteiger partial charge in [-0.3, -0.25) is 4.79 Å². The van der Waals surface area contributed by atoms with Gasteiger partial charge in [-0.25, -0.2) is 13.1 Å². The van der Waals surface area contributed by atoms with Gasteiger partial charge < -0.3 is 9.47 Å². The number of benzene rings is 2. The van der Waals surface area contributed by atoms with Crippen LogP contribution >= 0.6 is 0 Å². The Morgan fingerprint density at radius 1 is 1.15 bits per heavy atom. The van der Waals surface area contributed by atoms with Gasteiger partial charge in [0.25, 0.3) is 5.91 Å². The summed E-state index contributed by atoms with van der Waals surface area (Å²) in [6.45, 7) is 4.02. The minimum absolute atomic E-state index is 0.289. The number of carbonyl (C=O) groups is 1. The molecule has 2 aromatic rings. The lowest BCUT2D eigenvalue weighted by Crippen LogP contribution is -2.30. The zero-order valence-corrected chi connectivity index (χ0v) is 16.1. The highest BCUT2D eigenvalue weighted by Gasteiger charge is 2.19. The first-order valence-electron chi connectivity index (χ1n) is 8.07. The Morgan fingerprint density at radius 3 is 2.38 bits per heavy atom. The third-order valence-electron chi connectivity index (χ3n) is 3.83. The van der Waals surface area contributed by atoms with E-state index in [1.165, 1.54) is 0 Å². The largest absolute Gasteiger partial charge is 0.497 e. The molecule has 2 aromatic carbocycles. The van der Waals surface area contributed by atoms with Crippen LogP contribution in [0, 0.1) is 6.92 Å². The normalized spacial score (nSPS) is 12.5. The van der Waals surface area contributed by atoms with E-state index in [1.807, 2.05) is 48.9 Å². The van der Waals surface area contributed by atoms with Crippen molar-refractivity contribution in [3.05, 3.63) is 64.7 Å². The van der Waals surface area contributed by atoms with Gasteiger partial charge in [0.15, 0.2) is 0 Å². The average molecular weight is 377 g/mol. The molecular formula is C19H23NO5S. The number of ether oxygens (including phenoxy) is 2. The van der Waals surface area contributed by atoms with E-state index in [1.54, 1.807) is 19.2 Å². The van der Waals surface area contributed by atoms with Crippen LogP contribution in [0.25, 0.3) is 0 Å². The average Bonchev–Trinajstić information content (AvgIpc) is 2.58. The van der Waals surface area contributed by atoms with Gasteiger partial charge in [0, 0.05) is 5.56 Å². The summed E-state index contributed by atoms with van der Waals surface area (Å²) < 4.78 is 35.8. The molecule has 1 N–H and O–H groups in total. The molecule has 0 aromatic heterocycles. The van der Waals surface area contributed by atoms with Crippen molar-refractivity contribution in [1.29, 1.82) is 0 Å². The van der Waals surface area contributed by atoms with Crippen LogP contribution in [0.3, 0.4) is 0 Å². The first-order chi connectivity index (χ1) is 12.2. The molecule has 0 aliphatic carbocycles. The first-order valence-corrected chi connectivity index (χ1v) is 9.96. The predicted octanol–water partition coefficient (Wildman–Crippen LogP) is 2.97. The highest BCUT2D eigenvalue weighted by Crippen LogP contribution is 2.24. The topological polar surface area (TPSA) is 81.7 Å². The molecule has 6 nitrogen and oxygen atoms in total. The van der Waals surface area contributed by atoms with Gasteiger partial charge in [-0.1, -0.05) is 29.8 Å². The fraction of sp³-hybridized carbons (Fsp3) is 0.316. The fourth-order valence-corrected chi connectivity index (χ4v) is 2.92. The summed E-state index contributed by atoms with van der Waals surface area (Å²) >= 11 is 0. The van der Waals surface area contributed by atoms with Crippen molar-refractivity contribution in [3.8, 4) is 5.75 Å². The molecule has 26 heavy (non-hydrogen) atoms. The van der Waals surface area contributed by atoms with Gasteiger partial charge in [-0.05, 0) is 43.2 Å². The standard InChI is InChI=1S/C19H23NO5S/c1-13-5-10-17(18(11-13)19(21)20-26(4,22)23)14(2)25-12-15-6-8-16(24-3)9-7-15/h5-11,14H,12H2,1-4H3,(H,20,21)/t14-/m1/s1. The van der Waals surface area contributed by atoms with E-state index < -0.39 is 22.0 Å². The van der Waals surface area contributed by atoms with Crippen LogP contribution in [-0.2, 0) is 21.4 Å². The highest BCUT2D eigenvalue weighted by atomic mass is 32.2. The summed E-state index contributed by atoms with van der Waals surface area (Å²) in [5.74, 6) is 0.103. The molecule has 0 bridgehead atoms. The number of hydrogen-bond acceptors (Lipinski definition) is 5. The molecule has 1 atom stereocenters. The van der Waals surface area contributed by atoms with Crippen LogP contribution in [0.1, 0.15) is 40.1 Å². The molecule has 0 aliphatic heterocycles. The van der Waals surface area contributed by atoms with Crippen molar-refractivity contribution in [1.82, 2.24) is 4.72 Å². The SMILES string of the molecule is COc1ccc(CO[C@H](C)c2ccc(C)cc2C(=O)NS(C)(=O)=O)cc1. The summed E-state index contributed by atoms with van der Waals surface area (Å²) in [4.78, 5) is 12.3. The van der Waals surface area contributed by atoms with Crippen LogP contribution in [-0.4, -0.2) is 27.7 Å². The van der Waals surface area contributed by atoms with Gasteiger partial charge in [-0.15, -0.1) is 0 Å². The van der Waals surface area contributed by atoms with Gasteiger partial charge in [0.05, 0.1) is 26.1 Å². The predicted molar refractivity (Wildman–Crippen MR) is 99.7 cm³/mol. The maximum Gasteiger partial charge on any atom is 0.265 e. The minimum Gasteiger partial charge on any atom is -0.497 e. The maximum atomic E-state index is 12.3. The van der Waals surface area contributed by atoms with Crippen LogP contribution < -0.4 is 9.46 Å². The second kappa shape index (κ2) is 8.33. The van der Waals surface area contributed by atoms with Gasteiger partial charge >= 0.3 is 0 Å². The molecule has 140 valence electrons. The monoisotopic (exact) mass is 377 g/mol. The maximum absolute atomic E-state index is 12.3. The summed E-state index contributed by atoms with van der Waals surface area (Å²) in [6.07, 6.45) is 0.558. The molecule has 0 aliphatic rings. The Balaban J connectivity index is 2.16. The van der Waals surface area contributed by atoms with E-state index in [-0.39, 0.29) is 5.56 Å². The Kier molecular flexibility index (Phi) is 6.39. The van der Waals surface area contributed by atoms with Gasteiger partial charge in [-0.2, -0.15) is 0 Å². The van der Waals surface area contributed by atoms with E-state index in [0.717, 1.165) is 23.1 Å². The van der Waals surface area contributed by atoms with Crippen molar-refractivity contribution in [2.75, 3.05) is 13.4 Å². The second-order valence-corrected chi connectivity index (χ2v) is 7.84. The summed E-state index contributed by atoms with van der Waals surface area (Å²) in [7, 11) is -2.04. The zero-order valence-electron chi connectivity index (χ0n) is 15.3. The van der Waals surface area contributed by atoms with Crippen molar-refractivity contribution < 1.29 is 22.7 Å². The minimum atomic E-state index is -3.64. The lowest BCUT2D eigenvalue weighted by atomic mass is 10.00. The van der Waals surface area contributed by atoms with Crippen molar-refractivity contribution in [2.45, 2.75) is 26.6 Å². The molecule has 7 heteroatoms. The molecule has 0 unspecified atom stereocenters. The number of nitrogens with one attached hydrogen (secondary N) is 1. The Labute approximate surface area is 154 Å². The number of aryl methyl sites for hydroxylation is 1. The molecule has 0 spiro atoms. The Hall–Kier alpha value is -2.38. The molecular weight excluding hydrogens is 354 g/mol. The third kappa shape index (κ3) is 5.57. The lowest BCUT2D eigenvalue weighted by molar-refractivity contribution is 0.0516. The van der Waals surface area contributed by atoms with E-state index in [9.17, 15) is 13.2 Å². The number of hydrogen-bond donors (Lipinski definition) is 1. The molecule has 1 amide bonds. The first kappa shape index (κ1) is 19.9. The van der Waals surface area contributed by atoms with E-state index in [2.05, 4.69) is 0 Å². The number of carbonyl (C=O) groups excluding carboxylic acids is 1. The molecule has 2 rings (SSSR count).